The molecule has 1 rings (SSSR count). The Morgan fingerprint density at radius 3 is 2.45 bits per heavy atom. The van der Waals surface area contributed by atoms with Crippen LogP contribution in [0.5, 0.6) is 0 Å². The van der Waals surface area contributed by atoms with Crippen LogP contribution in [0.1, 0.15) is 5.82 Å². The highest BCUT2D eigenvalue weighted by Gasteiger charge is 2.34. The van der Waals surface area contributed by atoms with Crippen molar-refractivity contribution in [1.82, 2.24) is 9.97 Å². The summed E-state index contributed by atoms with van der Waals surface area (Å²) in [7, 11) is 0. The first-order chi connectivity index (χ1) is 5.00. The van der Waals surface area contributed by atoms with Crippen molar-refractivity contribution in [2.24, 2.45) is 0 Å². The minimum absolute atomic E-state index is 0.340. The molecule has 0 aliphatic rings. The van der Waals surface area contributed by atoms with Crippen molar-refractivity contribution in [3.8, 4) is 0 Å². The van der Waals surface area contributed by atoms with Gasteiger partial charge in [0.2, 0.25) is 5.82 Å². The van der Waals surface area contributed by atoms with E-state index in [2.05, 4.69) is 16.0 Å². The van der Waals surface area contributed by atoms with Crippen LogP contribution in [-0.2, 0) is 6.18 Å². The maximum absolute atomic E-state index is 11.8. The van der Waals surface area contributed by atoms with Gasteiger partial charge in [-0.25, -0.2) is 9.97 Å². The van der Waals surface area contributed by atoms with Crippen LogP contribution in [0.2, 0.25) is 5.15 Å². The van der Waals surface area contributed by atoms with Crippen LogP contribution in [0.4, 0.5) is 13.2 Å². The lowest BCUT2D eigenvalue weighted by Crippen LogP contribution is -2.10. The third-order valence-electron chi connectivity index (χ3n) is 0.828. The van der Waals surface area contributed by atoms with Gasteiger partial charge in [0.25, 0.3) is 0 Å². The molecule has 0 N–H and O–H groups in total. The third-order valence-corrected chi connectivity index (χ3v) is 1.02. The average molecular weight is 182 g/mol. The number of halogens is 4. The number of nitrogens with zero attached hydrogens (tertiary/aromatic N) is 2. The Morgan fingerprint density at radius 2 is 2.09 bits per heavy atom. The standard InChI is InChI=1S/C5HClF3N2/c6-3-1-2-10-4(11-3)5(7,8)9/h2H. The summed E-state index contributed by atoms with van der Waals surface area (Å²) in [5, 5.41) is -0.340. The van der Waals surface area contributed by atoms with Crippen LogP contribution < -0.4 is 0 Å². The molecule has 0 aliphatic carbocycles. The van der Waals surface area contributed by atoms with Gasteiger partial charge in [-0.3, -0.25) is 0 Å². The van der Waals surface area contributed by atoms with E-state index < -0.39 is 12.0 Å². The fraction of sp³-hybridized carbons (Fsp3) is 0.200. The van der Waals surface area contributed by atoms with Gasteiger partial charge in [-0.2, -0.15) is 13.2 Å². The van der Waals surface area contributed by atoms with Gasteiger partial charge in [0.1, 0.15) is 5.15 Å². The van der Waals surface area contributed by atoms with Crippen molar-refractivity contribution >= 4 is 11.6 Å². The van der Waals surface area contributed by atoms with Crippen molar-refractivity contribution in [2.45, 2.75) is 6.18 Å². The van der Waals surface area contributed by atoms with E-state index in [1.54, 1.807) is 0 Å². The molecule has 6 heteroatoms. The van der Waals surface area contributed by atoms with Crippen LogP contribution in [-0.4, -0.2) is 9.97 Å². The SMILES string of the molecule is FC(F)(F)c1nc[c]c(Cl)n1. The zero-order valence-corrected chi connectivity index (χ0v) is 5.74. The molecule has 2 nitrogen and oxygen atoms in total. The monoisotopic (exact) mass is 181 g/mol. The van der Waals surface area contributed by atoms with E-state index in [0.29, 0.717) is 0 Å². The molecule has 0 saturated carbocycles. The van der Waals surface area contributed by atoms with E-state index in [0.717, 1.165) is 6.20 Å². The van der Waals surface area contributed by atoms with Crippen LogP contribution in [0.25, 0.3) is 0 Å². The molecule has 0 atom stereocenters. The van der Waals surface area contributed by atoms with Gasteiger partial charge in [0.05, 0.1) is 0 Å². The van der Waals surface area contributed by atoms with Crippen LogP contribution in [0, 0.1) is 6.07 Å². The first kappa shape index (κ1) is 8.26. The summed E-state index contributed by atoms with van der Waals surface area (Å²) < 4.78 is 35.3. The molecular weight excluding hydrogens is 181 g/mol. The quantitative estimate of drug-likeness (QED) is 0.572. The van der Waals surface area contributed by atoms with E-state index in [-0.39, 0.29) is 5.15 Å². The molecule has 0 spiro atoms. The van der Waals surface area contributed by atoms with Crippen LogP contribution in [0.15, 0.2) is 6.20 Å². The Hall–Kier alpha value is -0.840. The summed E-state index contributed by atoms with van der Waals surface area (Å²) >= 11 is 5.14. The smallest absolute Gasteiger partial charge is 0.232 e. The van der Waals surface area contributed by atoms with Crippen molar-refractivity contribution in [3.05, 3.63) is 23.2 Å². The topological polar surface area (TPSA) is 25.8 Å². The van der Waals surface area contributed by atoms with Crippen molar-refractivity contribution in [2.75, 3.05) is 0 Å². The second-order valence-corrected chi connectivity index (χ2v) is 1.98. The molecular formula is C5HClF3N2. The summed E-state index contributed by atoms with van der Waals surface area (Å²) in [5.74, 6) is -1.25. The Labute approximate surface area is 65.0 Å². The van der Waals surface area contributed by atoms with Gasteiger partial charge >= 0.3 is 6.18 Å². The van der Waals surface area contributed by atoms with Gasteiger partial charge < -0.3 is 0 Å². The molecule has 0 aromatic carbocycles. The number of rotatable bonds is 0. The van der Waals surface area contributed by atoms with Gasteiger partial charge in [0.15, 0.2) is 0 Å². The predicted octanol–water partition coefficient (Wildman–Crippen LogP) is 1.95. The summed E-state index contributed by atoms with van der Waals surface area (Å²) in [5.41, 5.74) is 0. The largest absolute Gasteiger partial charge is 0.451 e. The van der Waals surface area contributed by atoms with E-state index in [1.165, 1.54) is 0 Å². The van der Waals surface area contributed by atoms with Gasteiger partial charge in [0, 0.05) is 12.3 Å². The maximum Gasteiger partial charge on any atom is 0.451 e. The van der Waals surface area contributed by atoms with E-state index >= 15 is 0 Å². The molecule has 0 saturated heterocycles. The van der Waals surface area contributed by atoms with E-state index in [1.807, 2.05) is 0 Å². The second-order valence-electron chi connectivity index (χ2n) is 1.63. The van der Waals surface area contributed by atoms with Gasteiger partial charge in [-0.15, -0.1) is 0 Å². The van der Waals surface area contributed by atoms with Gasteiger partial charge in [-0.1, -0.05) is 11.6 Å². The summed E-state index contributed by atoms with van der Waals surface area (Å²) in [6.45, 7) is 0. The molecule has 1 heterocycles. The molecule has 1 aromatic rings. The molecule has 0 unspecified atom stereocenters. The Balaban J connectivity index is 3.06. The molecule has 1 radical (unpaired) electrons. The van der Waals surface area contributed by atoms with E-state index in [4.69, 9.17) is 11.6 Å². The summed E-state index contributed by atoms with van der Waals surface area (Å²) in [4.78, 5) is 5.85. The molecule has 11 heavy (non-hydrogen) atoms. The number of hydrogen-bond acceptors (Lipinski definition) is 2. The average Bonchev–Trinajstić information content (AvgIpc) is 1.86. The fourth-order valence-electron chi connectivity index (χ4n) is 0.437. The molecule has 0 fully saturated rings. The Morgan fingerprint density at radius 1 is 1.45 bits per heavy atom. The minimum Gasteiger partial charge on any atom is -0.232 e. The first-order valence-electron chi connectivity index (χ1n) is 2.47. The van der Waals surface area contributed by atoms with E-state index in [9.17, 15) is 13.2 Å². The first-order valence-corrected chi connectivity index (χ1v) is 2.85. The molecule has 0 bridgehead atoms. The molecule has 0 aliphatic heterocycles. The van der Waals surface area contributed by atoms with Crippen molar-refractivity contribution in [1.29, 1.82) is 0 Å². The fourth-order valence-corrected chi connectivity index (χ4v) is 0.566. The van der Waals surface area contributed by atoms with Crippen LogP contribution in [0.3, 0.4) is 0 Å². The van der Waals surface area contributed by atoms with Gasteiger partial charge in [-0.05, 0) is 0 Å². The zero-order valence-electron chi connectivity index (χ0n) is 4.98. The highest BCUT2D eigenvalue weighted by molar-refractivity contribution is 6.29. The Kier molecular flexibility index (Phi) is 1.99. The highest BCUT2D eigenvalue weighted by atomic mass is 35.5. The maximum atomic E-state index is 11.8. The van der Waals surface area contributed by atoms with Crippen molar-refractivity contribution < 1.29 is 13.2 Å². The molecule has 0 amide bonds. The lowest BCUT2D eigenvalue weighted by Gasteiger charge is -2.02. The second kappa shape index (κ2) is 2.65. The third kappa shape index (κ3) is 2.04. The highest BCUT2D eigenvalue weighted by Crippen LogP contribution is 2.25. The van der Waals surface area contributed by atoms with Crippen LogP contribution >= 0.6 is 11.6 Å². The zero-order chi connectivity index (χ0) is 8.48. The lowest BCUT2D eigenvalue weighted by molar-refractivity contribution is -0.145. The lowest BCUT2D eigenvalue weighted by atomic mass is 10.5. The number of hydrogen-bond donors (Lipinski definition) is 0. The minimum atomic E-state index is -4.54. The Bertz CT molecular complexity index is 260. The summed E-state index contributed by atoms with van der Waals surface area (Å²) in [6, 6.07) is 2.19. The number of alkyl halides is 3. The predicted molar refractivity (Wildman–Crippen MR) is 30.9 cm³/mol. The number of aromatic nitrogens is 2. The molecule has 59 valence electrons. The molecule has 1 aromatic heterocycles. The van der Waals surface area contributed by atoms with Crippen molar-refractivity contribution in [3.63, 3.8) is 0 Å². The normalized spacial score (nSPS) is 11.6. The summed E-state index contributed by atoms with van der Waals surface area (Å²) in [6.07, 6.45) is -3.71.